The molecule has 0 saturated heterocycles. The first-order valence-corrected chi connectivity index (χ1v) is 6.00. The highest BCUT2D eigenvalue weighted by atomic mass is 16.5. The van der Waals surface area contributed by atoms with E-state index in [9.17, 15) is 0 Å². The lowest BCUT2D eigenvalue weighted by Gasteiger charge is -2.13. The second-order valence-electron chi connectivity index (χ2n) is 4.02. The summed E-state index contributed by atoms with van der Waals surface area (Å²) >= 11 is 0. The van der Waals surface area contributed by atoms with E-state index in [4.69, 9.17) is 4.74 Å². The van der Waals surface area contributed by atoms with E-state index in [0.717, 1.165) is 25.2 Å². The van der Waals surface area contributed by atoms with Crippen LogP contribution in [0, 0.1) is 6.92 Å². The molecule has 15 heavy (non-hydrogen) atoms. The summed E-state index contributed by atoms with van der Waals surface area (Å²) in [5.41, 5.74) is 2.62. The first kappa shape index (κ1) is 12.1. The van der Waals surface area contributed by atoms with Crippen molar-refractivity contribution in [3.05, 3.63) is 29.3 Å². The number of hydrogen-bond donors (Lipinski definition) is 0. The average molecular weight is 206 g/mol. The minimum absolute atomic E-state index is 0.845. The molecule has 1 aromatic carbocycles. The maximum atomic E-state index is 5.86. The largest absolute Gasteiger partial charge is 0.493 e. The van der Waals surface area contributed by atoms with Crippen LogP contribution in [0.15, 0.2) is 18.2 Å². The van der Waals surface area contributed by atoms with Crippen LogP contribution < -0.4 is 4.74 Å². The average Bonchev–Trinajstić information content (AvgIpc) is 2.23. The van der Waals surface area contributed by atoms with Gasteiger partial charge in [-0.15, -0.1) is 0 Å². The molecule has 84 valence electrons. The molecule has 0 atom stereocenters. The van der Waals surface area contributed by atoms with E-state index in [0.29, 0.717) is 0 Å². The van der Waals surface area contributed by atoms with E-state index >= 15 is 0 Å². The standard InChI is InChI=1S/C14H22O/c1-4-6-11-15-14-12(3)9-7-10-13(14)8-5-2/h7,9-10H,4-6,8,11H2,1-3H3. The highest BCUT2D eigenvalue weighted by Crippen LogP contribution is 2.24. The van der Waals surface area contributed by atoms with Gasteiger partial charge in [-0.1, -0.05) is 44.9 Å². The fraction of sp³-hybridized carbons (Fsp3) is 0.571. The maximum absolute atomic E-state index is 5.86. The first-order chi connectivity index (χ1) is 7.29. The molecule has 1 nitrogen and oxygen atoms in total. The van der Waals surface area contributed by atoms with Crippen molar-refractivity contribution in [3.8, 4) is 5.75 Å². The minimum Gasteiger partial charge on any atom is -0.493 e. The molecule has 0 unspecified atom stereocenters. The molecular formula is C14H22O. The number of aryl methyl sites for hydroxylation is 2. The van der Waals surface area contributed by atoms with Crippen LogP contribution in [0.1, 0.15) is 44.2 Å². The zero-order valence-electron chi connectivity index (χ0n) is 10.2. The lowest BCUT2D eigenvalue weighted by Crippen LogP contribution is -2.01. The number of rotatable bonds is 6. The predicted molar refractivity (Wildman–Crippen MR) is 65.6 cm³/mol. The van der Waals surface area contributed by atoms with Crippen LogP contribution in [0.25, 0.3) is 0 Å². The molecule has 0 amide bonds. The van der Waals surface area contributed by atoms with Crippen molar-refractivity contribution in [2.75, 3.05) is 6.61 Å². The Hall–Kier alpha value is -0.980. The Bertz CT molecular complexity index is 291. The van der Waals surface area contributed by atoms with Crippen LogP contribution in [0.4, 0.5) is 0 Å². The van der Waals surface area contributed by atoms with Gasteiger partial charge in [-0.05, 0) is 30.9 Å². The van der Waals surface area contributed by atoms with Crippen LogP contribution in [0.5, 0.6) is 5.75 Å². The monoisotopic (exact) mass is 206 g/mol. The van der Waals surface area contributed by atoms with Crippen molar-refractivity contribution in [2.45, 2.75) is 46.5 Å². The summed E-state index contributed by atoms with van der Waals surface area (Å²) in [6, 6.07) is 6.42. The van der Waals surface area contributed by atoms with Crippen molar-refractivity contribution in [1.82, 2.24) is 0 Å². The summed E-state index contributed by atoms with van der Waals surface area (Å²) < 4.78 is 5.86. The SMILES string of the molecule is CCCCOc1c(C)cccc1CCC. The van der Waals surface area contributed by atoms with E-state index in [1.165, 1.54) is 24.0 Å². The summed E-state index contributed by atoms with van der Waals surface area (Å²) in [5, 5.41) is 0. The fourth-order valence-electron chi connectivity index (χ4n) is 1.70. The normalized spacial score (nSPS) is 10.3. The van der Waals surface area contributed by atoms with Crippen LogP contribution in [0.3, 0.4) is 0 Å². The molecule has 0 N–H and O–H groups in total. The van der Waals surface area contributed by atoms with Gasteiger partial charge in [-0.3, -0.25) is 0 Å². The predicted octanol–water partition coefficient (Wildman–Crippen LogP) is 4.13. The summed E-state index contributed by atoms with van der Waals surface area (Å²) in [6.45, 7) is 7.37. The van der Waals surface area contributed by atoms with E-state index in [1.54, 1.807) is 0 Å². The number of benzene rings is 1. The summed E-state index contributed by atoms with van der Waals surface area (Å²) in [6.07, 6.45) is 4.62. The zero-order valence-corrected chi connectivity index (χ0v) is 10.2. The van der Waals surface area contributed by atoms with Gasteiger partial charge >= 0.3 is 0 Å². The molecule has 0 fully saturated rings. The molecule has 0 bridgehead atoms. The number of hydrogen-bond acceptors (Lipinski definition) is 1. The second kappa shape index (κ2) is 6.49. The van der Waals surface area contributed by atoms with Crippen LogP contribution in [-0.2, 0) is 6.42 Å². The first-order valence-electron chi connectivity index (χ1n) is 6.00. The molecular weight excluding hydrogens is 184 g/mol. The Morgan fingerprint density at radius 1 is 1.13 bits per heavy atom. The number of para-hydroxylation sites is 1. The van der Waals surface area contributed by atoms with Gasteiger partial charge in [0.05, 0.1) is 6.61 Å². The van der Waals surface area contributed by atoms with Gasteiger partial charge in [0, 0.05) is 0 Å². The third-order valence-corrected chi connectivity index (χ3v) is 2.56. The van der Waals surface area contributed by atoms with Crippen LogP contribution in [-0.4, -0.2) is 6.61 Å². The van der Waals surface area contributed by atoms with Crippen molar-refractivity contribution in [3.63, 3.8) is 0 Å². The number of ether oxygens (including phenoxy) is 1. The molecule has 0 spiro atoms. The van der Waals surface area contributed by atoms with E-state index < -0.39 is 0 Å². The topological polar surface area (TPSA) is 9.23 Å². The molecule has 0 radical (unpaired) electrons. The molecule has 0 aliphatic heterocycles. The lowest BCUT2D eigenvalue weighted by molar-refractivity contribution is 0.304. The molecule has 0 aliphatic rings. The third-order valence-electron chi connectivity index (χ3n) is 2.56. The van der Waals surface area contributed by atoms with Crippen molar-refractivity contribution >= 4 is 0 Å². The van der Waals surface area contributed by atoms with Gasteiger partial charge in [0.25, 0.3) is 0 Å². The Morgan fingerprint density at radius 3 is 2.60 bits per heavy atom. The molecule has 0 aliphatic carbocycles. The van der Waals surface area contributed by atoms with Crippen molar-refractivity contribution in [2.24, 2.45) is 0 Å². The summed E-state index contributed by atoms with van der Waals surface area (Å²) in [4.78, 5) is 0. The highest BCUT2D eigenvalue weighted by Gasteiger charge is 2.05. The minimum atomic E-state index is 0.845. The smallest absolute Gasteiger partial charge is 0.125 e. The second-order valence-corrected chi connectivity index (χ2v) is 4.02. The van der Waals surface area contributed by atoms with E-state index in [2.05, 4.69) is 39.0 Å². The molecule has 1 rings (SSSR count). The Kier molecular flexibility index (Phi) is 5.23. The van der Waals surface area contributed by atoms with Gasteiger partial charge in [0.2, 0.25) is 0 Å². The zero-order chi connectivity index (χ0) is 11.1. The Labute approximate surface area is 93.5 Å². The van der Waals surface area contributed by atoms with Crippen LogP contribution >= 0.6 is 0 Å². The molecule has 1 aromatic rings. The van der Waals surface area contributed by atoms with Crippen molar-refractivity contribution in [1.29, 1.82) is 0 Å². The van der Waals surface area contributed by atoms with Crippen LogP contribution in [0.2, 0.25) is 0 Å². The highest BCUT2D eigenvalue weighted by molar-refractivity contribution is 5.40. The molecule has 1 heteroatoms. The quantitative estimate of drug-likeness (QED) is 0.636. The molecule has 0 heterocycles. The van der Waals surface area contributed by atoms with Crippen molar-refractivity contribution < 1.29 is 4.74 Å². The van der Waals surface area contributed by atoms with Gasteiger partial charge in [0.1, 0.15) is 5.75 Å². The Balaban J connectivity index is 2.72. The van der Waals surface area contributed by atoms with Gasteiger partial charge in [-0.2, -0.15) is 0 Å². The van der Waals surface area contributed by atoms with Gasteiger partial charge in [-0.25, -0.2) is 0 Å². The summed E-state index contributed by atoms with van der Waals surface area (Å²) in [7, 11) is 0. The Morgan fingerprint density at radius 2 is 1.93 bits per heavy atom. The number of unbranched alkanes of at least 4 members (excludes halogenated alkanes) is 1. The molecule has 0 saturated carbocycles. The van der Waals surface area contributed by atoms with E-state index in [-0.39, 0.29) is 0 Å². The van der Waals surface area contributed by atoms with E-state index in [1.807, 2.05) is 0 Å². The lowest BCUT2D eigenvalue weighted by atomic mass is 10.1. The molecule has 0 aromatic heterocycles. The summed E-state index contributed by atoms with van der Waals surface area (Å²) in [5.74, 6) is 1.12. The fourth-order valence-corrected chi connectivity index (χ4v) is 1.70. The van der Waals surface area contributed by atoms with Gasteiger partial charge < -0.3 is 4.74 Å². The maximum Gasteiger partial charge on any atom is 0.125 e. The third kappa shape index (κ3) is 3.58. The van der Waals surface area contributed by atoms with Gasteiger partial charge in [0.15, 0.2) is 0 Å².